The average molecular weight is 310 g/mol. The summed E-state index contributed by atoms with van der Waals surface area (Å²) in [4.78, 5) is 16.4. The molecule has 2 aromatic carbocycles. The molecule has 0 saturated carbocycles. The molecule has 0 atom stereocenters. The lowest BCUT2D eigenvalue weighted by molar-refractivity contribution is 0.102. The Bertz CT molecular complexity index is 854. The summed E-state index contributed by atoms with van der Waals surface area (Å²) in [7, 11) is 0. The van der Waals surface area contributed by atoms with Crippen LogP contribution in [0.2, 0.25) is 0 Å². The highest BCUT2D eigenvalue weighted by Gasteiger charge is 2.09. The molecule has 5 heteroatoms. The van der Waals surface area contributed by atoms with Gasteiger partial charge in [-0.15, -0.1) is 0 Å². The Morgan fingerprint density at radius 3 is 2.48 bits per heavy atom. The van der Waals surface area contributed by atoms with Gasteiger partial charge in [0.05, 0.1) is 0 Å². The molecular weight excluding hydrogens is 295 g/mol. The van der Waals surface area contributed by atoms with E-state index in [9.17, 15) is 9.18 Å². The van der Waals surface area contributed by atoms with Crippen molar-refractivity contribution in [3.8, 4) is 11.3 Å². The molecule has 0 fully saturated rings. The lowest BCUT2D eigenvalue weighted by Gasteiger charge is -2.07. The lowest BCUT2D eigenvalue weighted by Crippen LogP contribution is -2.12. The number of aromatic nitrogens is 1. The quantitative estimate of drug-likeness (QED) is 0.782. The number of nitrogens with one attached hydrogen (secondary N) is 1. The molecule has 3 rings (SSSR count). The van der Waals surface area contributed by atoms with Crippen LogP contribution < -0.4 is 5.32 Å². The van der Waals surface area contributed by atoms with E-state index in [2.05, 4.69) is 10.3 Å². The van der Waals surface area contributed by atoms with Gasteiger partial charge < -0.3 is 9.73 Å². The highest BCUT2D eigenvalue weighted by Crippen LogP contribution is 2.21. The van der Waals surface area contributed by atoms with Gasteiger partial charge in [-0.2, -0.15) is 0 Å². The summed E-state index contributed by atoms with van der Waals surface area (Å²) in [5.74, 6) is -0.151. The number of oxazole rings is 1. The van der Waals surface area contributed by atoms with Crippen molar-refractivity contribution in [2.24, 2.45) is 0 Å². The smallest absolute Gasteiger partial charge is 0.255 e. The minimum Gasteiger partial charge on any atom is -0.449 e. The van der Waals surface area contributed by atoms with Crippen LogP contribution in [0.1, 0.15) is 21.8 Å². The number of carbonyl (C=O) groups is 1. The zero-order chi connectivity index (χ0) is 16.4. The van der Waals surface area contributed by atoms with Gasteiger partial charge in [0.1, 0.15) is 17.8 Å². The molecule has 23 heavy (non-hydrogen) atoms. The number of amides is 1. The number of halogens is 1. The van der Waals surface area contributed by atoms with Crippen LogP contribution in [-0.2, 0) is 0 Å². The monoisotopic (exact) mass is 310 g/mol. The Hall–Kier alpha value is -2.95. The van der Waals surface area contributed by atoms with Crippen molar-refractivity contribution in [1.82, 2.24) is 4.98 Å². The van der Waals surface area contributed by atoms with Gasteiger partial charge in [-0.25, -0.2) is 9.37 Å². The third kappa shape index (κ3) is 3.29. The van der Waals surface area contributed by atoms with Crippen LogP contribution in [0.3, 0.4) is 0 Å². The second-order valence-corrected chi connectivity index (χ2v) is 5.25. The van der Waals surface area contributed by atoms with Crippen LogP contribution in [0, 0.1) is 19.7 Å². The molecule has 1 N–H and O–H groups in total. The average Bonchev–Trinajstić information content (AvgIpc) is 2.97. The Morgan fingerprint density at radius 1 is 1.13 bits per heavy atom. The second-order valence-electron chi connectivity index (χ2n) is 5.25. The van der Waals surface area contributed by atoms with E-state index in [1.165, 1.54) is 6.07 Å². The largest absolute Gasteiger partial charge is 0.449 e. The summed E-state index contributed by atoms with van der Waals surface area (Å²) in [6.07, 6.45) is 1.58. The van der Waals surface area contributed by atoms with E-state index in [1.54, 1.807) is 44.4 Å². The maximum atomic E-state index is 13.5. The van der Waals surface area contributed by atoms with Crippen LogP contribution in [-0.4, -0.2) is 10.9 Å². The minimum absolute atomic E-state index is 0.282. The standard InChI is InChI=1S/C18H15FN2O2/c1-11-3-4-14(9-16(11)19)18(22)21-15-7-5-13(6-8-15)17-10-23-12(2)20-17/h3-10H,1-2H3,(H,21,22). The fraction of sp³-hybridized carbons (Fsp3) is 0.111. The summed E-state index contributed by atoms with van der Waals surface area (Å²) >= 11 is 0. The van der Waals surface area contributed by atoms with Gasteiger partial charge in [0, 0.05) is 23.7 Å². The van der Waals surface area contributed by atoms with E-state index in [0.717, 1.165) is 11.3 Å². The first-order valence-corrected chi connectivity index (χ1v) is 7.13. The summed E-state index contributed by atoms with van der Waals surface area (Å²) < 4.78 is 18.7. The van der Waals surface area contributed by atoms with Crippen LogP contribution in [0.4, 0.5) is 10.1 Å². The Balaban J connectivity index is 1.75. The second kappa shape index (κ2) is 6.04. The SMILES string of the molecule is Cc1nc(-c2ccc(NC(=O)c3ccc(C)c(F)c3)cc2)co1. The van der Waals surface area contributed by atoms with Gasteiger partial charge in [-0.1, -0.05) is 18.2 Å². The normalized spacial score (nSPS) is 10.6. The predicted octanol–water partition coefficient (Wildman–Crippen LogP) is 4.35. The first kappa shape index (κ1) is 15.0. The van der Waals surface area contributed by atoms with Crippen molar-refractivity contribution in [3.05, 3.63) is 71.6 Å². The molecule has 0 aliphatic rings. The maximum absolute atomic E-state index is 13.5. The topological polar surface area (TPSA) is 55.1 Å². The summed E-state index contributed by atoms with van der Waals surface area (Å²) in [5, 5.41) is 2.74. The Kier molecular flexibility index (Phi) is 3.93. The zero-order valence-corrected chi connectivity index (χ0v) is 12.8. The number of hydrogen-bond acceptors (Lipinski definition) is 3. The molecule has 0 spiro atoms. The molecule has 0 unspecified atom stereocenters. The molecule has 4 nitrogen and oxygen atoms in total. The highest BCUT2D eigenvalue weighted by atomic mass is 19.1. The summed E-state index contributed by atoms with van der Waals surface area (Å²) in [6, 6.07) is 11.6. The molecule has 0 radical (unpaired) electrons. The number of nitrogens with zero attached hydrogens (tertiary/aromatic N) is 1. The maximum Gasteiger partial charge on any atom is 0.255 e. The number of carbonyl (C=O) groups excluding carboxylic acids is 1. The fourth-order valence-corrected chi connectivity index (χ4v) is 2.16. The summed E-state index contributed by atoms with van der Waals surface area (Å²) in [5.41, 5.74) is 3.04. The van der Waals surface area contributed by atoms with Gasteiger partial charge in [0.25, 0.3) is 5.91 Å². The van der Waals surface area contributed by atoms with Gasteiger partial charge in [0.2, 0.25) is 0 Å². The van der Waals surface area contributed by atoms with Crippen molar-refractivity contribution in [2.45, 2.75) is 13.8 Å². The van der Waals surface area contributed by atoms with E-state index in [1.807, 2.05) is 12.1 Å². The first-order valence-electron chi connectivity index (χ1n) is 7.13. The third-order valence-electron chi connectivity index (χ3n) is 3.49. The third-order valence-corrected chi connectivity index (χ3v) is 3.49. The van der Waals surface area contributed by atoms with Crippen molar-refractivity contribution >= 4 is 11.6 Å². The van der Waals surface area contributed by atoms with E-state index in [4.69, 9.17) is 4.42 Å². The van der Waals surface area contributed by atoms with Crippen molar-refractivity contribution < 1.29 is 13.6 Å². The number of benzene rings is 2. The van der Waals surface area contributed by atoms with Gasteiger partial charge in [-0.05, 0) is 36.8 Å². The highest BCUT2D eigenvalue weighted by molar-refractivity contribution is 6.04. The Morgan fingerprint density at radius 2 is 1.87 bits per heavy atom. The van der Waals surface area contributed by atoms with Crippen LogP contribution in [0.25, 0.3) is 11.3 Å². The van der Waals surface area contributed by atoms with Crippen LogP contribution in [0.5, 0.6) is 0 Å². The molecule has 0 saturated heterocycles. The van der Waals surface area contributed by atoms with Crippen LogP contribution >= 0.6 is 0 Å². The molecule has 1 aromatic heterocycles. The molecular formula is C18H15FN2O2. The predicted molar refractivity (Wildman–Crippen MR) is 85.8 cm³/mol. The molecule has 116 valence electrons. The first-order chi connectivity index (χ1) is 11.0. The number of hydrogen-bond donors (Lipinski definition) is 1. The lowest BCUT2D eigenvalue weighted by atomic mass is 10.1. The van der Waals surface area contributed by atoms with E-state index >= 15 is 0 Å². The van der Waals surface area contributed by atoms with Crippen molar-refractivity contribution in [2.75, 3.05) is 5.32 Å². The number of anilines is 1. The van der Waals surface area contributed by atoms with E-state index < -0.39 is 5.82 Å². The van der Waals surface area contributed by atoms with Gasteiger partial charge in [0.15, 0.2) is 5.89 Å². The minimum atomic E-state index is -0.394. The van der Waals surface area contributed by atoms with Gasteiger partial charge in [-0.3, -0.25) is 4.79 Å². The molecule has 1 heterocycles. The molecule has 0 aliphatic carbocycles. The molecule has 0 aliphatic heterocycles. The summed E-state index contributed by atoms with van der Waals surface area (Å²) in [6.45, 7) is 3.43. The van der Waals surface area contributed by atoms with Crippen molar-refractivity contribution in [1.29, 1.82) is 0 Å². The molecule has 1 amide bonds. The fourth-order valence-electron chi connectivity index (χ4n) is 2.16. The van der Waals surface area contributed by atoms with Gasteiger partial charge >= 0.3 is 0 Å². The molecule has 3 aromatic rings. The molecule has 0 bridgehead atoms. The Labute approximate surface area is 133 Å². The van der Waals surface area contributed by atoms with E-state index in [0.29, 0.717) is 17.1 Å². The number of rotatable bonds is 3. The van der Waals surface area contributed by atoms with E-state index in [-0.39, 0.29) is 11.5 Å². The van der Waals surface area contributed by atoms with Crippen molar-refractivity contribution in [3.63, 3.8) is 0 Å². The van der Waals surface area contributed by atoms with Crippen LogP contribution in [0.15, 0.2) is 53.1 Å². The number of aryl methyl sites for hydroxylation is 2. The zero-order valence-electron chi connectivity index (χ0n) is 12.8.